The smallest absolute Gasteiger partial charge is 0.120 e. The molecule has 2 N–H and O–H groups in total. The van der Waals surface area contributed by atoms with Gasteiger partial charge in [-0.05, 0) is 12.1 Å². The lowest BCUT2D eigenvalue weighted by molar-refractivity contribution is 0.214. The molecular weight excluding hydrogens is 246 g/mol. The number of aliphatic hydroxyl groups excluding tert-OH is 1. The first-order valence-corrected chi connectivity index (χ1v) is 5.50. The number of ether oxygens (including phenoxy) is 1. The molecule has 1 aromatic rings. The van der Waals surface area contributed by atoms with Gasteiger partial charge in [-0.25, -0.2) is 0 Å². The van der Waals surface area contributed by atoms with Crippen molar-refractivity contribution in [3.8, 4) is 5.75 Å². The summed E-state index contributed by atoms with van der Waals surface area (Å²) in [6.45, 7) is 0.526. The van der Waals surface area contributed by atoms with E-state index in [1.54, 1.807) is 7.11 Å². The highest BCUT2D eigenvalue weighted by atomic mass is 79.9. The molecule has 0 spiro atoms. The van der Waals surface area contributed by atoms with Crippen LogP contribution in [0, 0.1) is 0 Å². The van der Waals surface area contributed by atoms with E-state index in [1.165, 1.54) is 0 Å². The fraction of sp³-hybridized carbons (Fsp3) is 0.400. The number of halogens is 1. The van der Waals surface area contributed by atoms with Gasteiger partial charge in [0.1, 0.15) is 5.75 Å². The van der Waals surface area contributed by atoms with Crippen LogP contribution in [0.3, 0.4) is 0 Å². The summed E-state index contributed by atoms with van der Waals surface area (Å²) in [7, 11) is 1.63. The van der Waals surface area contributed by atoms with Crippen molar-refractivity contribution in [1.29, 1.82) is 0 Å². The van der Waals surface area contributed by atoms with Gasteiger partial charge in [0.15, 0.2) is 0 Å². The molecule has 1 aromatic carbocycles. The van der Waals surface area contributed by atoms with Gasteiger partial charge in [0.2, 0.25) is 0 Å². The van der Waals surface area contributed by atoms with Crippen LogP contribution >= 0.6 is 15.9 Å². The minimum absolute atomic E-state index is 0.374. The molecule has 14 heavy (non-hydrogen) atoms. The van der Waals surface area contributed by atoms with Crippen LogP contribution in [0.5, 0.6) is 5.75 Å². The fourth-order valence-corrected chi connectivity index (χ4v) is 1.25. The van der Waals surface area contributed by atoms with E-state index in [2.05, 4.69) is 21.2 Å². The SMILES string of the molecule is COc1cccc(NCC(O)CBr)c1. The van der Waals surface area contributed by atoms with Crippen LogP contribution in [0.4, 0.5) is 5.69 Å². The van der Waals surface area contributed by atoms with Crippen molar-refractivity contribution in [1.82, 2.24) is 0 Å². The minimum Gasteiger partial charge on any atom is -0.497 e. The molecule has 0 aromatic heterocycles. The Labute approximate surface area is 92.2 Å². The zero-order valence-electron chi connectivity index (χ0n) is 8.03. The number of hydrogen-bond acceptors (Lipinski definition) is 3. The molecule has 1 rings (SSSR count). The first kappa shape index (κ1) is 11.3. The minimum atomic E-state index is -0.374. The molecule has 0 saturated carbocycles. The van der Waals surface area contributed by atoms with Crippen LogP contribution < -0.4 is 10.1 Å². The molecule has 4 heteroatoms. The Hall–Kier alpha value is -0.740. The molecule has 78 valence electrons. The molecule has 0 bridgehead atoms. The number of nitrogens with one attached hydrogen (secondary N) is 1. The van der Waals surface area contributed by atoms with Gasteiger partial charge in [0.25, 0.3) is 0 Å². The highest BCUT2D eigenvalue weighted by molar-refractivity contribution is 9.09. The van der Waals surface area contributed by atoms with E-state index >= 15 is 0 Å². The first-order chi connectivity index (χ1) is 6.76. The number of anilines is 1. The van der Waals surface area contributed by atoms with Gasteiger partial charge in [0.05, 0.1) is 13.2 Å². The van der Waals surface area contributed by atoms with Crippen LogP contribution in [0.25, 0.3) is 0 Å². The first-order valence-electron chi connectivity index (χ1n) is 4.38. The third-order valence-electron chi connectivity index (χ3n) is 1.79. The summed E-state index contributed by atoms with van der Waals surface area (Å²) in [4.78, 5) is 0. The maximum atomic E-state index is 9.31. The van der Waals surface area contributed by atoms with Gasteiger partial charge in [-0.2, -0.15) is 0 Å². The van der Waals surface area contributed by atoms with Gasteiger partial charge in [-0.1, -0.05) is 22.0 Å². The Balaban J connectivity index is 2.50. The molecule has 0 aliphatic carbocycles. The molecule has 1 unspecified atom stereocenters. The zero-order valence-corrected chi connectivity index (χ0v) is 9.62. The van der Waals surface area contributed by atoms with E-state index in [0.717, 1.165) is 11.4 Å². The molecule has 0 heterocycles. The molecule has 3 nitrogen and oxygen atoms in total. The summed E-state index contributed by atoms with van der Waals surface area (Å²) in [5, 5.41) is 13.0. The number of methoxy groups -OCH3 is 1. The number of aliphatic hydroxyl groups is 1. The second-order valence-corrected chi connectivity index (χ2v) is 3.57. The third-order valence-corrected chi connectivity index (χ3v) is 2.54. The van der Waals surface area contributed by atoms with Gasteiger partial charge in [-0.3, -0.25) is 0 Å². The van der Waals surface area contributed by atoms with E-state index < -0.39 is 0 Å². The van der Waals surface area contributed by atoms with Crippen molar-refractivity contribution in [2.75, 3.05) is 24.3 Å². The summed E-state index contributed by atoms with van der Waals surface area (Å²) in [5.41, 5.74) is 0.948. The lowest BCUT2D eigenvalue weighted by atomic mass is 10.3. The summed E-state index contributed by atoms with van der Waals surface area (Å²) in [5.74, 6) is 0.809. The van der Waals surface area contributed by atoms with Crippen molar-refractivity contribution >= 4 is 21.6 Å². The molecule has 0 radical (unpaired) electrons. The standard InChI is InChI=1S/C10H14BrNO2/c1-14-10-4-2-3-8(5-10)12-7-9(13)6-11/h2-5,9,12-13H,6-7H2,1H3. The summed E-state index contributed by atoms with van der Waals surface area (Å²) >= 11 is 3.20. The molecule has 1 atom stereocenters. The lowest BCUT2D eigenvalue weighted by Gasteiger charge is -2.10. The summed E-state index contributed by atoms with van der Waals surface area (Å²) < 4.78 is 5.08. The van der Waals surface area contributed by atoms with Crippen molar-refractivity contribution in [3.63, 3.8) is 0 Å². The number of hydrogen-bond donors (Lipinski definition) is 2. The van der Waals surface area contributed by atoms with Crippen LogP contribution in [0.15, 0.2) is 24.3 Å². The average Bonchev–Trinajstić information content (AvgIpc) is 2.26. The molecule has 0 amide bonds. The van der Waals surface area contributed by atoms with Gasteiger partial charge in [-0.15, -0.1) is 0 Å². The molecule has 0 saturated heterocycles. The van der Waals surface area contributed by atoms with Crippen LogP contribution in [-0.2, 0) is 0 Å². The monoisotopic (exact) mass is 259 g/mol. The zero-order chi connectivity index (χ0) is 10.4. The highest BCUT2D eigenvalue weighted by Gasteiger charge is 2.01. The number of rotatable bonds is 5. The lowest BCUT2D eigenvalue weighted by Crippen LogP contribution is -2.20. The molecule has 0 aliphatic heterocycles. The summed E-state index contributed by atoms with van der Waals surface area (Å²) in [6, 6.07) is 7.61. The Morgan fingerprint density at radius 3 is 3.00 bits per heavy atom. The van der Waals surface area contributed by atoms with E-state index in [0.29, 0.717) is 11.9 Å². The van der Waals surface area contributed by atoms with E-state index in [9.17, 15) is 5.11 Å². The molecule has 0 aliphatic rings. The topological polar surface area (TPSA) is 41.5 Å². The Morgan fingerprint density at radius 2 is 2.36 bits per heavy atom. The Kier molecular flexibility index (Phi) is 4.76. The van der Waals surface area contributed by atoms with Crippen molar-refractivity contribution in [2.24, 2.45) is 0 Å². The van der Waals surface area contributed by atoms with Gasteiger partial charge >= 0.3 is 0 Å². The predicted octanol–water partition coefficient (Wildman–Crippen LogP) is 1.86. The normalized spacial score (nSPS) is 12.2. The second kappa shape index (κ2) is 5.88. The second-order valence-electron chi connectivity index (χ2n) is 2.92. The number of alkyl halides is 1. The van der Waals surface area contributed by atoms with E-state index in [-0.39, 0.29) is 6.10 Å². The molecule has 0 fully saturated rings. The summed E-state index contributed by atoms with van der Waals surface area (Å²) in [6.07, 6.45) is -0.374. The highest BCUT2D eigenvalue weighted by Crippen LogP contribution is 2.16. The Morgan fingerprint density at radius 1 is 1.57 bits per heavy atom. The number of benzene rings is 1. The molecular formula is C10H14BrNO2. The van der Waals surface area contributed by atoms with Crippen LogP contribution in [-0.4, -0.2) is 30.2 Å². The van der Waals surface area contributed by atoms with Gasteiger partial charge in [0, 0.05) is 23.6 Å². The van der Waals surface area contributed by atoms with Crippen molar-refractivity contribution < 1.29 is 9.84 Å². The third kappa shape index (κ3) is 3.55. The van der Waals surface area contributed by atoms with E-state index in [1.807, 2.05) is 24.3 Å². The average molecular weight is 260 g/mol. The van der Waals surface area contributed by atoms with Crippen molar-refractivity contribution in [2.45, 2.75) is 6.10 Å². The Bertz CT molecular complexity index is 281. The van der Waals surface area contributed by atoms with Gasteiger partial charge < -0.3 is 15.2 Å². The largest absolute Gasteiger partial charge is 0.497 e. The quantitative estimate of drug-likeness (QED) is 0.794. The predicted molar refractivity (Wildman–Crippen MR) is 61.3 cm³/mol. The van der Waals surface area contributed by atoms with Crippen LogP contribution in [0.1, 0.15) is 0 Å². The van der Waals surface area contributed by atoms with Crippen molar-refractivity contribution in [3.05, 3.63) is 24.3 Å². The van der Waals surface area contributed by atoms with E-state index in [4.69, 9.17) is 4.74 Å². The maximum Gasteiger partial charge on any atom is 0.120 e. The van der Waals surface area contributed by atoms with Crippen LogP contribution in [0.2, 0.25) is 0 Å². The fourth-order valence-electron chi connectivity index (χ4n) is 1.02. The maximum absolute atomic E-state index is 9.31.